The minimum Gasteiger partial charge on any atom is -0.406 e. The number of nitrogens with zero attached hydrogens (tertiary/aromatic N) is 2. The van der Waals surface area contributed by atoms with Crippen molar-refractivity contribution in [3.05, 3.63) is 0 Å². The molecule has 1 aromatic rings. The fourth-order valence-corrected chi connectivity index (χ4v) is 1.22. The second-order valence-corrected chi connectivity index (χ2v) is 3.10. The molecule has 7 heteroatoms. The van der Waals surface area contributed by atoms with Gasteiger partial charge in [-0.3, -0.25) is 0 Å². The molecule has 0 aromatic carbocycles. The Morgan fingerprint density at radius 3 is 1.44 bits per heavy atom. The van der Waals surface area contributed by atoms with Gasteiger partial charge in [-0.2, -0.15) is 10.2 Å². The summed E-state index contributed by atoms with van der Waals surface area (Å²) >= 11 is 10.5. The Morgan fingerprint density at radius 2 is 1.33 bits per heavy atom. The first-order valence-corrected chi connectivity index (χ1v) is 3.10. The molecule has 0 aliphatic carbocycles. The van der Waals surface area contributed by atoms with E-state index < -0.39 is 0 Å². The van der Waals surface area contributed by atoms with E-state index in [1.807, 2.05) is 0 Å². The van der Waals surface area contributed by atoms with Gasteiger partial charge in [0.15, 0.2) is 0 Å². The second kappa shape index (κ2) is 7.90. The average Bonchev–Trinajstić information content (AvgIpc) is 1.87. The molecule has 0 fully saturated rings. The molecule has 0 atom stereocenters. The van der Waals surface area contributed by atoms with Crippen molar-refractivity contribution in [3.63, 3.8) is 0 Å². The summed E-state index contributed by atoms with van der Waals surface area (Å²) in [6.07, 6.45) is 0. The number of hydrogen-bond donors (Lipinski definition) is 0. The van der Waals surface area contributed by atoms with Crippen molar-refractivity contribution in [1.82, 2.24) is 10.2 Å². The quantitative estimate of drug-likeness (QED) is 0.325. The molecule has 0 unspecified atom stereocenters. The Labute approximate surface area is 154 Å². The molecule has 0 aliphatic rings. The minimum absolute atomic E-state index is 0. The summed E-state index contributed by atoms with van der Waals surface area (Å²) in [6.45, 7) is 0. The van der Waals surface area contributed by atoms with E-state index in [-0.39, 0.29) is 103 Å². The van der Waals surface area contributed by atoms with Gasteiger partial charge < -0.3 is 36.6 Å². The Hall–Kier alpha value is 3.27. The third-order valence-corrected chi connectivity index (χ3v) is 1.56. The standard InChI is InChI=1S/C2H2N2S3.2K/c5-1-3-4-2(6)7-1;;/h(H,3,5)(H,4,6);;/q;2*+1/p-2. The van der Waals surface area contributed by atoms with Gasteiger partial charge in [-0.1, -0.05) is 0 Å². The van der Waals surface area contributed by atoms with E-state index in [9.17, 15) is 0 Å². The Morgan fingerprint density at radius 1 is 1.00 bits per heavy atom. The molecule has 1 aromatic heterocycles. The topological polar surface area (TPSA) is 25.8 Å². The van der Waals surface area contributed by atoms with Crippen LogP contribution in [-0.4, -0.2) is 10.2 Å². The van der Waals surface area contributed by atoms with Crippen LogP contribution in [0.1, 0.15) is 0 Å². The van der Waals surface area contributed by atoms with Crippen LogP contribution in [-0.2, 0) is 25.3 Å². The zero-order chi connectivity index (χ0) is 5.28. The van der Waals surface area contributed by atoms with E-state index >= 15 is 0 Å². The van der Waals surface area contributed by atoms with Crippen LogP contribution < -0.4 is 103 Å². The van der Waals surface area contributed by atoms with Crippen LogP contribution >= 0.6 is 11.3 Å². The summed E-state index contributed by atoms with van der Waals surface area (Å²) in [7, 11) is 0. The molecule has 0 amide bonds. The zero-order valence-corrected chi connectivity index (χ0v) is 13.8. The summed E-state index contributed by atoms with van der Waals surface area (Å²) in [6, 6.07) is 0. The van der Waals surface area contributed by atoms with Crippen LogP contribution in [0, 0.1) is 0 Å². The molecule has 1 heterocycles. The van der Waals surface area contributed by atoms with Gasteiger partial charge in [-0.15, -0.1) is 0 Å². The average molecular weight is 226 g/mol. The van der Waals surface area contributed by atoms with E-state index in [2.05, 4.69) is 35.5 Å². The third kappa shape index (κ3) is 6.44. The van der Waals surface area contributed by atoms with E-state index in [1.54, 1.807) is 0 Å². The number of hydrogen-bond acceptors (Lipinski definition) is 5. The van der Waals surface area contributed by atoms with Crippen molar-refractivity contribution < 1.29 is 103 Å². The maximum Gasteiger partial charge on any atom is 1.00 e. The molecule has 0 radical (unpaired) electrons. The fraction of sp³-hybridized carbons (Fsp3) is 0. The van der Waals surface area contributed by atoms with Gasteiger partial charge in [0.25, 0.3) is 0 Å². The summed E-state index contributed by atoms with van der Waals surface area (Å²) in [5, 5.41) is 6.99. The normalized spacial score (nSPS) is 7.11. The maximum atomic E-state index is 4.61. The molecule has 0 spiro atoms. The Bertz CT molecular complexity index is 150. The Kier molecular flexibility index (Phi) is 13.0. The van der Waals surface area contributed by atoms with Gasteiger partial charge in [0, 0.05) is 0 Å². The molecule has 0 N–H and O–H groups in total. The van der Waals surface area contributed by atoms with Gasteiger partial charge in [0.1, 0.15) is 0 Å². The summed E-state index contributed by atoms with van der Waals surface area (Å²) < 4.78 is 1.04. The van der Waals surface area contributed by atoms with Crippen LogP contribution in [0.3, 0.4) is 0 Å². The second-order valence-electron chi connectivity index (χ2n) is 0.834. The van der Waals surface area contributed by atoms with Crippen molar-refractivity contribution in [1.29, 1.82) is 0 Å². The summed E-state index contributed by atoms with van der Waals surface area (Å²) in [4.78, 5) is 0. The minimum atomic E-state index is 0. The maximum absolute atomic E-state index is 4.61. The molecule has 38 valence electrons. The van der Waals surface area contributed by atoms with E-state index in [0.29, 0.717) is 8.68 Å². The first-order valence-electron chi connectivity index (χ1n) is 1.46. The predicted octanol–water partition coefficient (Wildman–Crippen LogP) is -5.64. The van der Waals surface area contributed by atoms with Gasteiger partial charge >= 0.3 is 103 Å². The van der Waals surface area contributed by atoms with E-state index in [4.69, 9.17) is 0 Å². The molecule has 2 nitrogen and oxygen atoms in total. The van der Waals surface area contributed by atoms with Crippen LogP contribution in [0.15, 0.2) is 8.68 Å². The monoisotopic (exact) mass is 226 g/mol. The summed E-state index contributed by atoms with van der Waals surface area (Å²) in [5.41, 5.74) is 0. The van der Waals surface area contributed by atoms with E-state index in [1.165, 1.54) is 11.3 Å². The Balaban J connectivity index is 0. The van der Waals surface area contributed by atoms with Gasteiger partial charge in [0.05, 0.1) is 0 Å². The first-order chi connectivity index (χ1) is 3.29. The fourth-order valence-electron chi connectivity index (χ4n) is 0.197. The van der Waals surface area contributed by atoms with Crippen LogP contribution in [0.4, 0.5) is 0 Å². The molecule has 0 bridgehead atoms. The van der Waals surface area contributed by atoms with Crippen LogP contribution in [0.2, 0.25) is 0 Å². The SMILES string of the molecule is [K+].[K+].[S-]c1nnc([S-])s1. The number of rotatable bonds is 0. The molecule has 0 saturated heterocycles. The smallest absolute Gasteiger partial charge is 0.406 e. The van der Waals surface area contributed by atoms with Gasteiger partial charge in [0.2, 0.25) is 0 Å². The van der Waals surface area contributed by atoms with Crippen molar-refractivity contribution in [3.8, 4) is 0 Å². The van der Waals surface area contributed by atoms with Crippen LogP contribution in [0.5, 0.6) is 0 Å². The number of aromatic nitrogens is 2. The predicted molar refractivity (Wildman–Crippen MR) is 31.2 cm³/mol. The van der Waals surface area contributed by atoms with Crippen molar-refractivity contribution in [2.45, 2.75) is 8.68 Å². The first kappa shape index (κ1) is 14.8. The molecule has 1 rings (SSSR count). The molecule has 0 saturated carbocycles. The van der Waals surface area contributed by atoms with Crippen molar-refractivity contribution in [2.75, 3.05) is 0 Å². The molecular formula is C2K2N2S3. The van der Waals surface area contributed by atoms with Crippen molar-refractivity contribution in [2.24, 2.45) is 0 Å². The zero-order valence-electron chi connectivity index (χ0n) is 5.12. The van der Waals surface area contributed by atoms with Gasteiger partial charge in [-0.05, 0) is 8.68 Å². The largest absolute Gasteiger partial charge is 1.00 e. The summed E-state index contributed by atoms with van der Waals surface area (Å²) in [5.74, 6) is 0. The van der Waals surface area contributed by atoms with Crippen molar-refractivity contribution >= 4 is 36.6 Å². The van der Waals surface area contributed by atoms with Crippen LogP contribution in [0.25, 0.3) is 0 Å². The van der Waals surface area contributed by atoms with Gasteiger partial charge in [-0.25, -0.2) is 0 Å². The molecule has 0 aliphatic heterocycles. The molecular weight excluding hydrogens is 226 g/mol. The third-order valence-electron chi connectivity index (χ3n) is 0.388. The molecule has 9 heavy (non-hydrogen) atoms. The van der Waals surface area contributed by atoms with E-state index in [0.717, 1.165) is 0 Å².